The average molecular weight is 243 g/mol. The standard InChI is InChI=1S/C12H13N5O/c13-12-15-7-17(16-12)11(18)9-1-2-10-6-14-4-3-8(10)5-9/h1-2,5,7,14H,3-4,6H2,(H2,13,16). The highest BCUT2D eigenvalue weighted by atomic mass is 16.2. The van der Waals surface area contributed by atoms with Gasteiger partial charge in [0.15, 0.2) is 0 Å². The predicted octanol–water partition coefficient (Wildman–Crippen LogP) is 0.194. The highest BCUT2D eigenvalue weighted by molar-refractivity contribution is 5.95. The quantitative estimate of drug-likeness (QED) is 0.747. The summed E-state index contributed by atoms with van der Waals surface area (Å²) in [6.07, 6.45) is 2.27. The maximum absolute atomic E-state index is 12.1. The minimum Gasteiger partial charge on any atom is -0.366 e. The molecule has 1 aliphatic heterocycles. The van der Waals surface area contributed by atoms with E-state index >= 15 is 0 Å². The zero-order valence-corrected chi connectivity index (χ0v) is 9.76. The molecule has 6 nitrogen and oxygen atoms in total. The van der Waals surface area contributed by atoms with Crippen LogP contribution in [0.5, 0.6) is 0 Å². The molecule has 3 N–H and O–H groups in total. The Bertz CT molecular complexity index is 604. The van der Waals surface area contributed by atoms with Gasteiger partial charge in [0.1, 0.15) is 6.33 Å². The number of nitrogens with one attached hydrogen (secondary N) is 1. The first-order valence-electron chi connectivity index (χ1n) is 5.78. The second-order valence-corrected chi connectivity index (χ2v) is 4.26. The molecule has 6 heteroatoms. The number of aromatic nitrogens is 3. The molecule has 18 heavy (non-hydrogen) atoms. The van der Waals surface area contributed by atoms with Gasteiger partial charge in [0.05, 0.1) is 0 Å². The number of carbonyl (C=O) groups excluding carboxylic acids is 1. The molecule has 1 aromatic heterocycles. The number of nitrogen functional groups attached to an aromatic ring is 1. The summed E-state index contributed by atoms with van der Waals surface area (Å²) in [4.78, 5) is 15.9. The van der Waals surface area contributed by atoms with Crippen LogP contribution in [0.25, 0.3) is 0 Å². The Kier molecular flexibility index (Phi) is 2.56. The molecule has 0 bridgehead atoms. The van der Waals surface area contributed by atoms with Gasteiger partial charge in [-0.25, -0.2) is 4.98 Å². The Morgan fingerprint density at radius 2 is 2.28 bits per heavy atom. The lowest BCUT2D eigenvalue weighted by molar-refractivity contribution is 0.0945. The fourth-order valence-corrected chi connectivity index (χ4v) is 2.12. The molecule has 0 atom stereocenters. The predicted molar refractivity (Wildman–Crippen MR) is 66.0 cm³/mol. The van der Waals surface area contributed by atoms with Gasteiger partial charge in [-0.1, -0.05) is 6.07 Å². The molecule has 0 amide bonds. The van der Waals surface area contributed by atoms with Gasteiger partial charge in [0.2, 0.25) is 5.95 Å². The zero-order valence-electron chi connectivity index (χ0n) is 9.76. The molecular formula is C12H13N5O. The maximum atomic E-state index is 12.1. The molecule has 0 saturated carbocycles. The summed E-state index contributed by atoms with van der Waals surface area (Å²) >= 11 is 0. The van der Waals surface area contributed by atoms with Crippen LogP contribution in [0.2, 0.25) is 0 Å². The number of benzene rings is 1. The van der Waals surface area contributed by atoms with Gasteiger partial charge >= 0.3 is 0 Å². The smallest absolute Gasteiger partial charge is 0.279 e. The fourth-order valence-electron chi connectivity index (χ4n) is 2.12. The van der Waals surface area contributed by atoms with Crippen LogP contribution in [0.1, 0.15) is 21.5 Å². The molecular weight excluding hydrogens is 230 g/mol. The molecule has 92 valence electrons. The third kappa shape index (κ3) is 1.86. The minimum absolute atomic E-state index is 0.102. The number of hydrogen-bond donors (Lipinski definition) is 2. The van der Waals surface area contributed by atoms with Crippen LogP contribution >= 0.6 is 0 Å². The molecule has 0 aliphatic carbocycles. The first kappa shape index (κ1) is 10.9. The van der Waals surface area contributed by atoms with Crippen molar-refractivity contribution in [3.05, 3.63) is 41.2 Å². The third-order valence-corrected chi connectivity index (χ3v) is 3.06. The van der Waals surface area contributed by atoms with Crippen molar-refractivity contribution in [1.29, 1.82) is 0 Å². The minimum atomic E-state index is -0.208. The number of fused-ring (bicyclic) bond motifs is 1. The number of hydrogen-bond acceptors (Lipinski definition) is 5. The van der Waals surface area contributed by atoms with E-state index in [4.69, 9.17) is 5.73 Å². The van der Waals surface area contributed by atoms with Gasteiger partial charge in [-0.3, -0.25) is 4.79 Å². The number of nitrogens with zero attached hydrogens (tertiary/aromatic N) is 3. The van der Waals surface area contributed by atoms with Crippen molar-refractivity contribution in [2.75, 3.05) is 12.3 Å². The molecule has 2 aromatic rings. The van der Waals surface area contributed by atoms with Crippen LogP contribution in [0.15, 0.2) is 24.5 Å². The highest BCUT2D eigenvalue weighted by Crippen LogP contribution is 2.16. The van der Waals surface area contributed by atoms with Crippen molar-refractivity contribution in [3.8, 4) is 0 Å². The normalized spacial score (nSPS) is 14.2. The molecule has 1 aliphatic rings. The monoisotopic (exact) mass is 243 g/mol. The SMILES string of the molecule is Nc1ncn(C(=O)c2ccc3c(c2)CCNC3)n1. The van der Waals surface area contributed by atoms with Crippen LogP contribution in [-0.2, 0) is 13.0 Å². The molecule has 0 fully saturated rings. The van der Waals surface area contributed by atoms with Gasteiger partial charge in [-0.2, -0.15) is 4.68 Å². The Labute approximate surface area is 104 Å². The van der Waals surface area contributed by atoms with Crippen molar-refractivity contribution in [2.45, 2.75) is 13.0 Å². The maximum Gasteiger partial charge on any atom is 0.279 e. The Balaban J connectivity index is 1.95. The van der Waals surface area contributed by atoms with E-state index < -0.39 is 0 Å². The molecule has 1 aromatic carbocycles. The zero-order chi connectivity index (χ0) is 12.5. The summed E-state index contributed by atoms with van der Waals surface area (Å²) in [6.45, 7) is 1.81. The summed E-state index contributed by atoms with van der Waals surface area (Å²) in [6, 6.07) is 5.72. The van der Waals surface area contributed by atoms with Crippen molar-refractivity contribution in [2.24, 2.45) is 0 Å². The van der Waals surface area contributed by atoms with Crippen LogP contribution < -0.4 is 11.1 Å². The van der Waals surface area contributed by atoms with Gasteiger partial charge in [-0.15, -0.1) is 5.10 Å². The third-order valence-electron chi connectivity index (χ3n) is 3.06. The van der Waals surface area contributed by atoms with Gasteiger partial charge in [-0.05, 0) is 36.2 Å². The molecule has 0 unspecified atom stereocenters. The lowest BCUT2D eigenvalue weighted by atomic mass is 9.98. The lowest BCUT2D eigenvalue weighted by Gasteiger charge is -2.17. The van der Waals surface area contributed by atoms with Crippen molar-refractivity contribution >= 4 is 11.9 Å². The second-order valence-electron chi connectivity index (χ2n) is 4.26. The number of nitrogens with two attached hydrogens (primary N) is 1. The van der Waals surface area contributed by atoms with Crippen molar-refractivity contribution in [1.82, 2.24) is 20.1 Å². The van der Waals surface area contributed by atoms with Gasteiger partial charge < -0.3 is 11.1 Å². The Morgan fingerprint density at radius 1 is 1.39 bits per heavy atom. The molecule has 0 saturated heterocycles. The molecule has 0 spiro atoms. The van der Waals surface area contributed by atoms with Crippen molar-refractivity contribution < 1.29 is 4.79 Å². The van der Waals surface area contributed by atoms with E-state index in [9.17, 15) is 4.79 Å². The summed E-state index contributed by atoms with van der Waals surface area (Å²) in [5, 5.41) is 7.12. The van der Waals surface area contributed by atoms with E-state index in [1.807, 2.05) is 18.2 Å². The largest absolute Gasteiger partial charge is 0.366 e. The van der Waals surface area contributed by atoms with Crippen LogP contribution in [0.3, 0.4) is 0 Å². The van der Waals surface area contributed by atoms with E-state index in [0.29, 0.717) is 5.56 Å². The van der Waals surface area contributed by atoms with Crippen LogP contribution in [0, 0.1) is 0 Å². The topological polar surface area (TPSA) is 85.8 Å². The van der Waals surface area contributed by atoms with Gasteiger partial charge in [0, 0.05) is 12.1 Å². The first-order chi connectivity index (χ1) is 8.74. The summed E-state index contributed by atoms with van der Waals surface area (Å²) < 4.78 is 1.16. The van der Waals surface area contributed by atoms with E-state index in [1.165, 1.54) is 17.5 Å². The second kappa shape index (κ2) is 4.23. The van der Waals surface area contributed by atoms with Crippen LogP contribution in [0.4, 0.5) is 5.95 Å². The summed E-state index contributed by atoms with van der Waals surface area (Å²) in [5.74, 6) is -0.106. The highest BCUT2D eigenvalue weighted by Gasteiger charge is 2.14. The number of rotatable bonds is 1. The number of carbonyl (C=O) groups is 1. The molecule has 3 rings (SSSR count). The van der Waals surface area contributed by atoms with Crippen molar-refractivity contribution in [3.63, 3.8) is 0 Å². The number of anilines is 1. The van der Waals surface area contributed by atoms with Crippen LogP contribution in [-0.4, -0.2) is 27.2 Å². The van der Waals surface area contributed by atoms with E-state index in [1.54, 1.807) is 0 Å². The summed E-state index contributed by atoms with van der Waals surface area (Å²) in [7, 11) is 0. The van der Waals surface area contributed by atoms with E-state index in [0.717, 1.165) is 24.2 Å². The fraction of sp³-hybridized carbons (Fsp3) is 0.250. The van der Waals surface area contributed by atoms with E-state index in [-0.39, 0.29) is 11.9 Å². The van der Waals surface area contributed by atoms with E-state index in [2.05, 4.69) is 15.4 Å². The Hall–Kier alpha value is -2.21. The molecule has 0 radical (unpaired) electrons. The Morgan fingerprint density at radius 3 is 3.06 bits per heavy atom. The lowest BCUT2D eigenvalue weighted by Crippen LogP contribution is -2.24. The van der Waals surface area contributed by atoms with Gasteiger partial charge in [0.25, 0.3) is 5.91 Å². The molecule has 2 heterocycles. The average Bonchev–Trinajstić information content (AvgIpc) is 2.84. The summed E-state index contributed by atoms with van der Waals surface area (Å²) in [5.41, 5.74) is 8.48. The first-order valence-corrected chi connectivity index (χ1v) is 5.78.